The lowest BCUT2D eigenvalue weighted by atomic mass is 9.99. The highest BCUT2D eigenvalue weighted by Crippen LogP contribution is 2.23. The molecule has 23 heavy (non-hydrogen) atoms. The molecule has 0 aliphatic carbocycles. The van der Waals surface area contributed by atoms with Crippen LogP contribution in [0.2, 0.25) is 0 Å². The fourth-order valence-electron chi connectivity index (χ4n) is 2.05. The van der Waals surface area contributed by atoms with Crippen LogP contribution in [0, 0.1) is 15.9 Å². The summed E-state index contributed by atoms with van der Waals surface area (Å²) in [5, 5.41) is 13.7. The quantitative estimate of drug-likeness (QED) is 0.499. The van der Waals surface area contributed by atoms with Crippen molar-refractivity contribution in [3.8, 4) is 0 Å². The summed E-state index contributed by atoms with van der Waals surface area (Å²) < 4.78 is 17.7. The number of benzene rings is 1. The smallest absolute Gasteiger partial charge is 0.314 e. The summed E-state index contributed by atoms with van der Waals surface area (Å²) in [6, 6.07) is 8.14. The van der Waals surface area contributed by atoms with Crippen molar-refractivity contribution in [1.29, 1.82) is 0 Å². The van der Waals surface area contributed by atoms with Crippen LogP contribution in [0.25, 0.3) is 0 Å². The number of nitrogens with one attached hydrogen (secondary N) is 1. The number of carbonyl (C=O) groups is 1. The van der Waals surface area contributed by atoms with Crippen molar-refractivity contribution in [1.82, 2.24) is 4.98 Å². The maximum absolute atomic E-state index is 13.0. The first-order valence-electron chi connectivity index (χ1n) is 6.69. The molecule has 0 amide bonds. The molecule has 7 nitrogen and oxygen atoms in total. The summed E-state index contributed by atoms with van der Waals surface area (Å²) in [4.78, 5) is 26.2. The van der Waals surface area contributed by atoms with Gasteiger partial charge in [-0.15, -0.1) is 0 Å². The first-order valence-corrected chi connectivity index (χ1v) is 6.69. The minimum absolute atomic E-state index is 0.0240. The van der Waals surface area contributed by atoms with Crippen LogP contribution in [0.1, 0.15) is 11.5 Å². The number of hydrogen-bond donors (Lipinski definition) is 1. The summed E-state index contributed by atoms with van der Waals surface area (Å²) in [6.45, 7) is 0.0240. The number of hydrogen-bond acceptors (Lipinski definition) is 6. The van der Waals surface area contributed by atoms with E-state index in [2.05, 4.69) is 10.3 Å². The van der Waals surface area contributed by atoms with Crippen molar-refractivity contribution in [2.75, 3.05) is 19.0 Å². The van der Waals surface area contributed by atoms with Gasteiger partial charge in [0.15, 0.2) is 0 Å². The molecule has 0 saturated heterocycles. The first-order chi connectivity index (χ1) is 11.0. The normalized spacial score (nSPS) is 11.6. The highest BCUT2D eigenvalue weighted by atomic mass is 19.1. The molecule has 2 rings (SSSR count). The van der Waals surface area contributed by atoms with Crippen LogP contribution in [-0.2, 0) is 9.53 Å². The molecule has 0 spiro atoms. The number of carbonyl (C=O) groups excluding carboxylic acids is 1. The molecule has 0 aliphatic heterocycles. The van der Waals surface area contributed by atoms with Crippen molar-refractivity contribution >= 4 is 17.5 Å². The predicted octanol–water partition coefficient (Wildman–Crippen LogP) is 2.50. The van der Waals surface area contributed by atoms with E-state index in [9.17, 15) is 19.3 Å². The second-order valence-electron chi connectivity index (χ2n) is 4.64. The van der Waals surface area contributed by atoms with Gasteiger partial charge in [-0.1, -0.05) is 12.1 Å². The number of nitrogens with zero attached hydrogens (tertiary/aromatic N) is 2. The van der Waals surface area contributed by atoms with Gasteiger partial charge in [0.2, 0.25) is 5.82 Å². The average Bonchev–Trinajstić information content (AvgIpc) is 2.56. The van der Waals surface area contributed by atoms with E-state index in [-0.39, 0.29) is 18.1 Å². The maximum Gasteiger partial charge on any atom is 0.314 e. The number of aromatic nitrogens is 1. The zero-order chi connectivity index (χ0) is 16.8. The fraction of sp³-hybridized carbons (Fsp3) is 0.200. The van der Waals surface area contributed by atoms with Gasteiger partial charge in [-0.3, -0.25) is 14.9 Å². The van der Waals surface area contributed by atoms with Gasteiger partial charge in [0, 0.05) is 18.8 Å². The molecule has 0 bridgehead atoms. The van der Waals surface area contributed by atoms with Crippen LogP contribution in [0.5, 0.6) is 0 Å². The molecular weight excluding hydrogens is 305 g/mol. The van der Waals surface area contributed by atoms with E-state index in [1.807, 2.05) is 0 Å². The van der Waals surface area contributed by atoms with Gasteiger partial charge in [0.1, 0.15) is 5.82 Å². The molecule has 1 aromatic carbocycles. The zero-order valence-electron chi connectivity index (χ0n) is 12.2. The Morgan fingerprint density at radius 2 is 2.09 bits per heavy atom. The van der Waals surface area contributed by atoms with E-state index in [1.54, 1.807) is 0 Å². The van der Waals surface area contributed by atoms with Crippen molar-refractivity contribution < 1.29 is 18.8 Å². The number of pyridine rings is 1. The van der Waals surface area contributed by atoms with Crippen molar-refractivity contribution in [3.05, 3.63) is 64.1 Å². The Bertz CT molecular complexity index is 706. The van der Waals surface area contributed by atoms with E-state index >= 15 is 0 Å². The van der Waals surface area contributed by atoms with Gasteiger partial charge in [0.05, 0.1) is 18.0 Å². The molecule has 0 aliphatic rings. The monoisotopic (exact) mass is 319 g/mol. The Hall–Kier alpha value is -3.03. The van der Waals surface area contributed by atoms with Gasteiger partial charge < -0.3 is 10.1 Å². The minimum atomic E-state index is -0.748. The highest BCUT2D eigenvalue weighted by molar-refractivity contribution is 5.79. The Labute approximate surface area is 131 Å². The van der Waals surface area contributed by atoms with E-state index in [1.165, 1.54) is 49.7 Å². The molecule has 1 unspecified atom stereocenters. The molecule has 8 heteroatoms. The fourth-order valence-corrected chi connectivity index (χ4v) is 2.05. The van der Waals surface area contributed by atoms with Crippen LogP contribution in [-0.4, -0.2) is 29.5 Å². The van der Waals surface area contributed by atoms with E-state index in [4.69, 9.17) is 4.74 Å². The molecule has 1 heterocycles. The molecule has 1 N–H and O–H groups in total. The first kappa shape index (κ1) is 16.3. The van der Waals surface area contributed by atoms with Crippen LogP contribution >= 0.6 is 0 Å². The van der Waals surface area contributed by atoms with Crippen LogP contribution in [0.3, 0.4) is 0 Å². The van der Waals surface area contributed by atoms with E-state index in [0.29, 0.717) is 5.56 Å². The molecule has 0 fully saturated rings. The summed E-state index contributed by atoms with van der Waals surface area (Å²) in [5.41, 5.74) is 0.333. The standard InChI is InChI=1S/C15H14FN3O4/c1-23-15(20)12(10-4-6-11(16)7-5-10)9-18-14-13(19(21)22)3-2-8-17-14/h2-8,12H,9H2,1H3,(H,17,18). The Morgan fingerprint density at radius 1 is 1.39 bits per heavy atom. The number of anilines is 1. The predicted molar refractivity (Wildman–Crippen MR) is 80.5 cm³/mol. The van der Waals surface area contributed by atoms with Gasteiger partial charge in [-0.05, 0) is 23.8 Å². The molecular formula is C15H14FN3O4. The SMILES string of the molecule is COC(=O)C(CNc1ncccc1[N+](=O)[O-])c1ccc(F)cc1. The van der Waals surface area contributed by atoms with Crippen molar-refractivity contribution in [3.63, 3.8) is 0 Å². The molecule has 0 saturated carbocycles. The average molecular weight is 319 g/mol. The van der Waals surface area contributed by atoms with Crippen molar-refractivity contribution in [2.45, 2.75) is 5.92 Å². The molecule has 1 aromatic heterocycles. The molecule has 2 aromatic rings. The van der Waals surface area contributed by atoms with Crippen LogP contribution < -0.4 is 5.32 Å². The van der Waals surface area contributed by atoms with Crippen molar-refractivity contribution in [2.24, 2.45) is 0 Å². The molecule has 0 radical (unpaired) electrons. The summed E-state index contributed by atoms with van der Waals surface area (Å²) >= 11 is 0. The lowest BCUT2D eigenvalue weighted by molar-refractivity contribution is -0.384. The number of methoxy groups -OCH3 is 1. The third-order valence-corrected chi connectivity index (χ3v) is 3.21. The molecule has 120 valence electrons. The Morgan fingerprint density at radius 3 is 2.70 bits per heavy atom. The Balaban J connectivity index is 2.21. The zero-order valence-corrected chi connectivity index (χ0v) is 12.2. The number of esters is 1. The summed E-state index contributed by atoms with van der Waals surface area (Å²) in [7, 11) is 1.24. The van der Waals surface area contributed by atoms with Gasteiger partial charge in [-0.25, -0.2) is 9.37 Å². The minimum Gasteiger partial charge on any atom is -0.468 e. The largest absolute Gasteiger partial charge is 0.468 e. The van der Waals surface area contributed by atoms with Gasteiger partial charge >= 0.3 is 11.7 Å². The maximum atomic E-state index is 13.0. The van der Waals surface area contributed by atoms with E-state index in [0.717, 1.165) is 0 Å². The van der Waals surface area contributed by atoms with Gasteiger partial charge in [-0.2, -0.15) is 0 Å². The number of ether oxygens (including phenoxy) is 1. The third kappa shape index (κ3) is 4.00. The second kappa shape index (κ2) is 7.30. The number of nitro groups is 1. The topological polar surface area (TPSA) is 94.4 Å². The van der Waals surface area contributed by atoms with Gasteiger partial charge in [0.25, 0.3) is 0 Å². The number of halogens is 1. The van der Waals surface area contributed by atoms with Crippen LogP contribution in [0.15, 0.2) is 42.6 Å². The second-order valence-corrected chi connectivity index (χ2v) is 4.64. The lowest BCUT2D eigenvalue weighted by Gasteiger charge is -2.16. The lowest BCUT2D eigenvalue weighted by Crippen LogP contribution is -2.23. The number of rotatable bonds is 6. The third-order valence-electron chi connectivity index (χ3n) is 3.21. The molecule has 1 atom stereocenters. The Kier molecular flexibility index (Phi) is 5.19. The highest BCUT2D eigenvalue weighted by Gasteiger charge is 2.23. The summed E-state index contributed by atoms with van der Waals surface area (Å²) in [6.07, 6.45) is 1.40. The summed E-state index contributed by atoms with van der Waals surface area (Å²) in [5.74, 6) is -1.66. The van der Waals surface area contributed by atoms with E-state index < -0.39 is 22.6 Å². The van der Waals surface area contributed by atoms with Crippen LogP contribution in [0.4, 0.5) is 15.9 Å².